The standard InChI is InChI=1S/C20H20N4O4/c1-13(25)21-14-8-10-18(28-2)17(12-14)22-20(27)16-9-11-19(26)24(23-16)15-6-4-3-5-7-15/h3-8,10,12H,9,11H2,1-2H3,(H,21,25)(H,22,27). The van der Waals surface area contributed by atoms with Crippen LogP contribution in [0.1, 0.15) is 19.8 Å². The van der Waals surface area contributed by atoms with Gasteiger partial charge in [0.25, 0.3) is 5.91 Å². The summed E-state index contributed by atoms with van der Waals surface area (Å²) in [6, 6.07) is 13.8. The minimum Gasteiger partial charge on any atom is -0.495 e. The molecular weight excluding hydrogens is 360 g/mol. The fourth-order valence-electron chi connectivity index (χ4n) is 2.77. The zero-order valence-electron chi connectivity index (χ0n) is 15.6. The first kappa shape index (κ1) is 19.1. The predicted molar refractivity (Wildman–Crippen MR) is 107 cm³/mol. The van der Waals surface area contributed by atoms with Gasteiger partial charge in [0.2, 0.25) is 11.8 Å². The highest BCUT2D eigenvalue weighted by Gasteiger charge is 2.26. The number of para-hydroxylation sites is 1. The number of carbonyl (C=O) groups excluding carboxylic acids is 3. The minimum absolute atomic E-state index is 0.173. The molecule has 0 atom stereocenters. The first-order chi connectivity index (χ1) is 13.5. The molecule has 0 aromatic heterocycles. The highest BCUT2D eigenvalue weighted by Crippen LogP contribution is 2.28. The number of hydrogen-bond donors (Lipinski definition) is 2. The molecule has 0 saturated carbocycles. The van der Waals surface area contributed by atoms with Crippen molar-refractivity contribution in [2.45, 2.75) is 19.8 Å². The van der Waals surface area contributed by atoms with Crippen molar-refractivity contribution in [3.63, 3.8) is 0 Å². The first-order valence-electron chi connectivity index (χ1n) is 8.70. The smallest absolute Gasteiger partial charge is 0.271 e. The summed E-state index contributed by atoms with van der Waals surface area (Å²) < 4.78 is 5.27. The van der Waals surface area contributed by atoms with Gasteiger partial charge in [-0.2, -0.15) is 5.10 Å². The van der Waals surface area contributed by atoms with Crippen molar-refractivity contribution in [1.29, 1.82) is 0 Å². The number of carbonyl (C=O) groups is 3. The molecule has 0 saturated heterocycles. The minimum atomic E-state index is -0.438. The molecule has 2 N–H and O–H groups in total. The molecule has 0 radical (unpaired) electrons. The Morgan fingerprint density at radius 1 is 1.07 bits per heavy atom. The SMILES string of the molecule is COc1ccc(NC(C)=O)cc1NC(=O)C1=NN(c2ccccc2)C(=O)CC1. The van der Waals surface area contributed by atoms with Gasteiger partial charge in [0.1, 0.15) is 11.5 Å². The van der Waals surface area contributed by atoms with Crippen LogP contribution in [0.4, 0.5) is 17.1 Å². The van der Waals surface area contributed by atoms with Crippen LogP contribution in [-0.2, 0) is 14.4 Å². The van der Waals surface area contributed by atoms with Crippen LogP contribution in [0.15, 0.2) is 53.6 Å². The lowest BCUT2D eigenvalue weighted by molar-refractivity contribution is -0.119. The molecule has 1 heterocycles. The average Bonchev–Trinajstić information content (AvgIpc) is 2.68. The van der Waals surface area contributed by atoms with E-state index in [2.05, 4.69) is 15.7 Å². The van der Waals surface area contributed by atoms with Crippen molar-refractivity contribution < 1.29 is 19.1 Å². The molecule has 2 aromatic carbocycles. The number of anilines is 3. The second kappa shape index (κ2) is 8.34. The molecule has 2 aromatic rings. The van der Waals surface area contributed by atoms with E-state index in [0.717, 1.165) is 0 Å². The van der Waals surface area contributed by atoms with Crippen molar-refractivity contribution in [1.82, 2.24) is 0 Å². The zero-order chi connectivity index (χ0) is 20.1. The lowest BCUT2D eigenvalue weighted by atomic mass is 10.1. The van der Waals surface area contributed by atoms with Crippen LogP contribution >= 0.6 is 0 Å². The molecule has 8 nitrogen and oxygen atoms in total. The number of rotatable bonds is 5. The highest BCUT2D eigenvalue weighted by molar-refractivity contribution is 6.44. The number of hydrogen-bond acceptors (Lipinski definition) is 5. The van der Waals surface area contributed by atoms with E-state index in [1.165, 1.54) is 19.0 Å². The van der Waals surface area contributed by atoms with Gasteiger partial charge in [-0.25, -0.2) is 5.01 Å². The van der Waals surface area contributed by atoms with Gasteiger partial charge in [0.15, 0.2) is 0 Å². The summed E-state index contributed by atoms with van der Waals surface area (Å²) in [7, 11) is 1.48. The van der Waals surface area contributed by atoms with E-state index in [1.807, 2.05) is 6.07 Å². The van der Waals surface area contributed by atoms with E-state index in [4.69, 9.17) is 4.74 Å². The largest absolute Gasteiger partial charge is 0.495 e. The molecule has 0 unspecified atom stereocenters. The van der Waals surface area contributed by atoms with Gasteiger partial charge in [-0.15, -0.1) is 0 Å². The van der Waals surface area contributed by atoms with Crippen molar-refractivity contribution in [3.05, 3.63) is 48.5 Å². The van der Waals surface area contributed by atoms with Crippen LogP contribution in [0.2, 0.25) is 0 Å². The Balaban J connectivity index is 1.84. The van der Waals surface area contributed by atoms with Crippen LogP contribution in [0.25, 0.3) is 0 Å². The monoisotopic (exact) mass is 380 g/mol. The molecule has 3 rings (SSSR count). The van der Waals surface area contributed by atoms with Crippen LogP contribution < -0.4 is 20.4 Å². The Hall–Kier alpha value is -3.68. The zero-order valence-corrected chi connectivity index (χ0v) is 15.6. The molecule has 0 bridgehead atoms. The van der Waals surface area contributed by atoms with Crippen molar-refractivity contribution in [2.75, 3.05) is 22.8 Å². The lowest BCUT2D eigenvalue weighted by Crippen LogP contribution is -2.36. The summed E-state index contributed by atoms with van der Waals surface area (Å²) in [5.74, 6) is -0.398. The third kappa shape index (κ3) is 4.35. The quantitative estimate of drug-likeness (QED) is 0.833. The van der Waals surface area contributed by atoms with Crippen LogP contribution in [0.5, 0.6) is 5.75 Å². The van der Waals surface area contributed by atoms with E-state index in [1.54, 1.807) is 42.5 Å². The average molecular weight is 380 g/mol. The van der Waals surface area contributed by atoms with Gasteiger partial charge in [0, 0.05) is 25.5 Å². The number of nitrogens with one attached hydrogen (secondary N) is 2. The third-order valence-electron chi connectivity index (χ3n) is 4.06. The molecule has 0 fully saturated rings. The van der Waals surface area contributed by atoms with E-state index < -0.39 is 5.91 Å². The number of ether oxygens (including phenoxy) is 1. The lowest BCUT2D eigenvalue weighted by Gasteiger charge is -2.23. The van der Waals surface area contributed by atoms with Gasteiger partial charge < -0.3 is 15.4 Å². The third-order valence-corrected chi connectivity index (χ3v) is 4.06. The van der Waals surface area contributed by atoms with Gasteiger partial charge in [0.05, 0.1) is 18.5 Å². The molecule has 1 aliphatic rings. The van der Waals surface area contributed by atoms with E-state index in [9.17, 15) is 14.4 Å². The number of amides is 3. The summed E-state index contributed by atoms with van der Waals surface area (Å²) in [6.07, 6.45) is 0.423. The predicted octanol–water partition coefficient (Wildman–Crippen LogP) is 2.78. The van der Waals surface area contributed by atoms with Crippen molar-refractivity contribution in [3.8, 4) is 5.75 Å². The molecular formula is C20H20N4O4. The van der Waals surface area contributed by atoms with Gasteiger partial charge >= 0.3 is 0 Å². The second-order valence-corrected chi connectivity index (χ2v) is 6.14. The first-order valence-corrected chi connectivity index (χ1v) is 8.70. The van der Waals surface area contributed by atoms with Crippen molar-refractivity contribution in [2.24, 2.45) is 5.10 Å². The number of hydrazone groups is 1. The Labute approximate surface area is 162 Å². The van der Waals surface area contributed by atoms with Gasteiger partial charge in [-0.3, -0.25) is 14.4 Å². The summed E-state index contributed by atoms with van der Waals surface area (Å²) >= 11 is 0. The molecule has 1 aliphatic heterocycles. The Morgan fingerprint density at radius 3 is 2.50 bits per heavy atom. The molecule has 0 aliphatic carbocycles. The second-order valence-electron chi connectivity index (χ2n) is 6.14. The van der Waals surface area contributed by atoms with Gasteiger partial charge in [-0.1, -0.05) is 18.2 Å². The summed E-state index contributed by atoms with van der Waals surface area (Å²) in [6.45, 7) is 1.40. The van der Waals surface area contributed by atoms with E-state index >= 15 is 0 Å². The summed E-state index contributed by atoms with van der Waals surface area (Å²) in [5, 5.41) is 10.9. The van der Waals surface area contributed by atoms with Crippen LogP contribution in [0.3, 0.4) is 0 Å². The molecule has 28 heavy (non-hydrogen) atoms. The Morgan fingerprint density at radius 2 is 1.82 bits per heavy atom. The van der Waals surface area contributed by atoms with Gasteiger partial charge in [-0.05, 0) is 30.3 Å². The van der Waals surface area contributed by atoms with E-state index in [-0.39, 0.29) is 30.4 Å². The topological polar surface area (TPSA) is 100 Å². The number of methoxy groups -OCH3 is 1. The normalized spacial score (nSPS) is 13.6. The Kier molecular flexibility index (Phi) is 5.69. The van der Waals surface area contributed by atoms with Crippen molar-refractivity contribution >= 4 is 40.5 Å². The maximum atomic E-state index is 12.7. The molecule has 144 valence electrons. The Bertz CT molecular complexity index is 940. The maximum absolute atomic E-state index is 12.7. The number of nitrogens with zero attached hydrogens (tertiary/aromatic N) is 2. The molecule has 8 heteroatoms. The fraction of sp³-hybridized carbons (Fsp3) is 0.200. The molecule has 3 amide bonds. The van der Waals surface area contributed by atoms with Crippen LogP contribution in [-0.4, -0.2) is 30.5 Å². The molecule has 0 spiro atoms. The fourth-order valence-corrected chi connectivity index (χ4v) is 2.77. The summed E-state index contributed by atoms with van der Waals surface area (Å²) in [4.78, 5) is 36.2. The maximum Gasteiger partial charge on any atom is 0.271 e. The highest BCUT2D eigenvalue weighted by atomic mass is 16.5. The number of benzene rings is 2. The summed E-state index contributed by atoms with van der Waals surface area (Å²) in [5.41, 5.74) is 1.75. The van der Waals surface area contributed by atoms with E-state index in [0.29, 0.717) is 22.8 Å². The van der Waals surface area contributed by atoms with Crippen LogP contribution in [0, 0.1) is 0 Å².